The zero-order chi connectivity index (χ0) is 14.3. The van der Waals surface area contributed by atoms with Crippen LogP contribution in [0, 0.1) is 0 Å². The Bertz CT molecular complexity index is 405. The number of rotatable bonds is 7. The summed E-state index contributed by atoms with van der Waals surface area (Å²) in [6, 6.07) is 7.82. The molecule has 0 aliphatic rings. The molecule has 0 aromatic heterocycles. The van der Waals surface area contributed by atoms with Crippen LogP contribution in [0.1, 0.15) is 38.1 Å². The van der Waals surface area contributed by atoms with Crippen LogP contribution in [0.2, 0.25) is 0 Å². The highest BCUT2D eigenvalue weighted by Gasteiger charge is 2.13. The van der Waals surface area contributed by atoms with E-state index in [-0.39, 0.29) is 18.0 Å². The Labute approximate surface area is 115 Å². The van der Waals surface area contributed by atoms with E-state index >= 15 is 0 Å². The van der Waals surface area contributed by atoms with Gasteiger partial charge in [-0.15, -0.1) is 0 Å². The average Bonchev–Trinajstić information content (AvgIpc) is 2.36. The molecule has 1 aromatic rings. The van der Waals surface area contributed by atoms with E-state index in [4.69, 9.17) is 4.74 Å². The van der Waals surface area contributed by atoms with E-state index in [9.17, 15) is 4.79 Å². The van der Waals surface area contributed by atoms with Gasteiger partial charge >= 0.3 is 0 Å². The second-order valence-electron chi connectivity index (χ2n) is 4.88. The lowest BCUT2D eigenvalue weighted by Crippen LogP contribution is -2.36. The fourth-order valence-electron chi connectivity index (χ4n) is 1.76. The van der Waals surface area contributed by atoms with Crippen molar-refractivity contribution in [3.63, 3.8) is 0 Å². The van der Waals surface area contributed by atoms with Gasteiger partial charge in [0.15, 0.2) is 0 Å². The average molecular weight is 264 g/mol. The number of amides is 1. The van der Waals surface area contributed by atoms with Crippen LogP contribution in [-0.4, -0.2) is 31.2 Å². The monoisotopic (exact) mass is 264 g/mol. The Morgan fingerprint density at radius 3 is 2.58 bits per heavy atom. The highest BCUT2D eigenvalue weighted by molar-refractivity contribution is 5.99. The maximum absolute atomic E-state index is 12.2. The molecular weight excluding hydrogens is 240 g/mol. The minimum Gasteiger partial charge on any atom is -0.382 e. The molecule has 1 atom stereocenters. The van der Waals surface area contributed by atoms with Gasteiger partial charge in [0.25, 0.3) is 5.91 Å². The SMILES string of the molecule is CCOCC(C)NC(=O)c1ccccc1NC(C)C. The van der Waals surface area contributed by atoms with Crippen molar-refractivity contribution in [2.45, 2.75) is 39.8 Å². The summed E-state index contributed by atoms with van der Waals surface area (Å²) >= 11 is 0. The molecule has 0 heterocycles. The van der Waals surface area contributed by atoms with Crippen molar-refractivity contribution in [3.8, 4) is 0 Å². The molecule has 19 heavy (non-hydrogen) atoms. The van der Waals surface area contributed by atoms with Gasteiger partial charge in [0.1, 0.15) is 0 Å². The van der Waals surface area contributed by atoms with E-state index in [1.54, 1.807) is 0 Å². The molecule has 106 valence electrons. The predicted molar refractivity (Wildman–Crippen MR) is 78.6 cm³/mol. The van der Waals surface area contributed by atoms with Crippen LogP contribution in [0.25, 0.3) is 0 Å². The second kappa shape index (κ2) is 7.79. The number of carbonyl (C=O) groups is 1. The van der Waals surface area contributed by atoms with E-state index in [1.807, 2.05) is 52.0 Å². The van der Waals surface area contributed by atoms with Gasteiger partial charge in [-0.1, -0.05) is 12.1 Å². The number of nitrogens with one attached hydrogen (secondary N) is 2. The van der Waals surface area contributed by atoms with Crippen molar-refractivity contribution in [2.24, 2.45) is 0 Å². The topological polar surface area (TPSA) is 50.4 Å². The number of anilines is 1. The molecule has 0 spiro atoms. The van der Waals surface area contributed by atoms with E-state index in [0.29, 0.717) is 18.8 Å². The molecule has 2 N–H and O–H groups in total. The molecular formula is C15H24N2O2. The Kier molecular flexibility index (Phi) is 6.36. The maximum Gasteiger partial charge on any atom is 0.253 e. The third kappa shape index (κ3) is 5.30. The smallest absolute Gasteiger partial charge is 0.253 e. The minimum absolute atomic E-state index is 0.000411. The van der Waals surface area contributed by atoms with Crippen molar-refractivity contribution >= 4 is 11.6 Å². The van der Waals surface area contributed by atoms with Gasteiger partial charge in [0.05, 0.1) is 12.2 Å². The molecule has 0 aliphatic heterocycles. The number of ether oxygens (including phenoxy) is 1. The molecule has 0 bridgehead atoms. The lowest BCUT2D eigenvalue weighted by atomic mass is 10.1. The molecule has 4 nitrogen and oxygen atoms in total. The van der Waals surface area contributed by atoms with Crippen LogP contribution in [-0.2, 0) is 4.74 Å². The van der Waals surface area contributed by atoms with Crippen molar-refractivity contribution in [2.75, 3.05) is 18.5 Å². The third-order valence-electron chi connectivity index (χ3n) is 2.57. The summed E-state index contributed by atoms with van der Waals surface area (Å²) < 4.78 is 5.30. The number of para-hydroxylation sites is 1. The number of benzene rings is 1. The standard InChI is InChI=1S/C15H24N2O2/c1-5-19-10-12(4)17-15(18)13-8-6-7-9-14(13)16-11(2)3/h6-9,11-12,16H,5,10H2,1-4H3,(H,17,18). The van der Waals surface area contributed by atoms with Gasteiger partial charge in [-0.25, -0.2) is 0 Å². The first-order chi connectivity index (χ1) is 9.04. The Morgan fingerprint density at radius 1 is 1.26 bits per heavy atom. The van der Waals surface area contributed by atoms with Crippen LogP contribution in [0.15, 0.2) is 24.3 Å². The molecule has 0 aliphatic carbocycles. The van der Waals surface area contributed by atoms with Gasteiger partial charge in [0.2, 0.25) is 0 Å². The number of hydrogen-bond donors (Lipinski definition) is 2. The predicted octanol–water partition coefficient (Wildman–Crippen LogP) is 2.66. The van der Waals surface area contributed by atoms with E-state index in [2.05, 4.69) is 10.6 Å². The van der Waals surface area contributed by atoms with Crippen LogP contribution < -0.4 is 10.6 Å². The van der Waals surface area contributed by atoms with Gasteiger partial charge in [-0.3, -0.25) is 4.79 Å². The molecule has 0 radical (unpaired) electrons. The van der Waals surface area contributed by atoms with Gasteiger partial charge < -0.3 is 15.4 Å². The summed E-state index contributed by atoms with van der Waals surface area (Å²) in [6.07, 6.45) is 0. The first kappa shape index (κ1) is 15.5. The van der Waals surface area contributed by atoms with Crippen LogP contribution >= 0.6 is 0 Å². The summed E-state index contributed by atoms with van der Waals surface area (Å²) in [4.78, 5) is 12.2. The van der Waals surface area contributed by atoms with Gasteiger partial charge in [0, 0.05) is 24.4 Å². The molecule has 0 fully saturated rings. The quantitative estimate of drug-likeness (QED) is 0.796. The Morgan fingerprint density at radius 2 is 1.95 bits per heavy atom. The summed E-state index contributed by atoms with van der Waals surface area (Å²) in [7, 11) is 0. The van der Waals surface area contributed by atoms with Crippen molar-refractivity contribution in [1.29, 1.82) is 0 Å². The molecule has 0 saturated carbocycles. The van der Waals surface area contributed by atoms with Crippen LogP contribution in [0.5, 0.6) is 0 Å². The first-order valence-electron chi connectivity index (χ1n) is 6.78. The zero-order valence-corrected chi connectivity index (χ0v) is 12.2. The van der Waals surface area contributed by atoms with Crippen molar-refractivity contribution < 1.29 is 9.53 Å². The Hall–Kier alpha value is -1.55. The molecule has 4 heteroatoms. The van der Waals surface area contributed by atoms with Crippen LogP contribution in [0.4, 0.5) is 5.69 Å². The number of hydrogen-bond acceptors (Lipinski definition) is 3. The lowest BCUT2D eigenvalue weighted by Gasteiger charge is -2.17. The number of carbonyl (C=O) groups excluding carboxylic acids is 1. The highest BCUT2D eigenvalue weighted by atomic mass is 16.5. The largest absolute Gasteiger partial charge is 0.382 e. The normalized spacial score (nSPS) is 12.3. The lowest BCUT2D eigenvalue weighted by molar-refractivity contribution is 0.0872. The Balaban J connectivity index is 2.70. The van der Waals surface area contributed by atoms with E-state index < -0.39 is 0 Å². The molecule has 1 aromatic carbocycles. The summed E-state index contributed by atoms with van der Waals surface area (Å²) in [5.74, 6) is -0.0732. The summed E-state index contributed by atoms with van der Waals surface area (Å²) in [6.45, 7) is 9.16. The fourth-order valence-corrected chi connectivity index (χ4v) is 1.76. The van der Waals surface area contributed by atoms with E-state index in [0.717, 1.165) is 5.69 Å². The molecule has 1 amide bonds. The maximum atomic E-state index is 12.2. The fraction of sp³-hybridized carbons (Fsp3) is 0.533. The second-order valence-corrected chi connectivity index (χ2v) is 4.88. The zero-order valence-electron chi connectivity index (χ0n) is 12.2. The first-order valence-corrected chi connectivity index (χ1v) is 6.78. The highest BCUT2D eigenvalue weighted by Crippen LogP contribution is 2.16. The summed E-state index contributed by atoms with van der Waals surface area (Å²) in [5.41, 5.74) is 1.53. The minimum atomic E-state index is -0.0732. The molecule has 0 saturated heterocycles. The van der Waals surface area contributed by atoms with Crippen molar-refractivity contribution in [1.82, 2.24) is 5.32 Å². The molecule has 1 unspecified atom stereocenters. The summed E-state index contributed by atoms with van der Waals surface area (Å²) in [5, 5.41) is 6.22. The van der Waals surface area contributed by atoms with E-state index in [1.165, 1.54) is 0 Å². The van der Waals surface area contributed by atoms with Crippen LogP contribution in [0.3, 0.4) is 0 Å². The molecule has 1 rings (SSSR count). The van der Waals surface area contributed by atoms with Crippen molar-refractivity contribution in [3.05, 3.63) is 29.8 Å². The van der Waals surface area contributed by atoms with Gasteiger partial charge in [-0.05, 0) is 39.8 Å². The third-order valence-corrected chi connectivity index (χ3v) is 2.57. The van der Waals surface area contributed by atoms with Gasteiger partial charge in [-0.2, -0.15) is 0 Å².